The largest absolute Gasteiger partial charge is 0.461 e. The zero-order valence-corrected chi connectivity index (χ0v) is 10.8. The van der Waals surface area contributed by atoms with Crippen LogP contribution in [0, 0.1) is 0 Å². The summed E-state index contributed by atoms with van der Waals surface area (Å²) in [6.45, 7) is 3.92. The molecule has 6 heteroatoms. The molecular weight excluding hydrogens is 253 g/mol. The van der Waals surface area contributed by atoms with Crippen LogP contribution in [0.1, 0.15) is 26.7 Å². The molecule has 0 radical (unpaired) electrons. The van der Waals surface area contributed by atoms with Crippen LogP contribution in [0.4, 0.5) is 0 Å². The van der Waals surface area contributed by atoms with E-state index in [-0.39, 0.29) is 5.70 Å². The Balaban J connectivity index is 4.19. The number of halogens is 2. The molecular formula is C10H15Cl2NO3. The van der Waals surface area contributed by atoms with Gasteiger partial charge < -0.3 is 10.1 Å². The van der Waals surface area contributed by atoms with E-state index in [1.165, 1.54) is 6.08 Å². The van der Waals surface area contributed by atoms with Crippen molar-refractivity contribution in [2.24, 2.45) is 0 Å². The highest BCUT2D eigenvalue weighted by atomic mass is 35.5. The van der Waals surface area contributed by atoms with Gasteiger partial charge in [0.15, 0.2) is 4.84 Å². The summed E-state index contributed by atoms with van der Waals surface area (Å²) in [5, 5.41) is 2.28. The first-order valence-corrected chi connectivity index (χ1v) is 5.82. The number of allylic oxidation sites excluding steroid dienone is 1. The fourth-order valence-electron chi connectivity index (χ4n) is 0.815. The number of carbonyl (C=O) groups excluding carboxylic acids is 2. The standard InChI is InChI=1S/C10H15Cl2NO3/c1-3-5-6-16-10(15)7(4-2)13-9(14)8(11)12/h4,8H,3,5-6H2,1-2H3,(H,13,14)/b7-4-. The molecule has 0 saturated carbocycles. The lowest BCUT2D eigenvalue weighted by Crippen LogP contribution is -2.32. The van der Waals surface area contributed by atoms with Gasteiger partial charge in [0.2, 0.25) is 0 Å². The summed E-state index contributed by atoms with van der Waals surface area (Å²) < 4.78 is 4.91. The molecule has 0 aliphatic carbocycles. The SMILES string of the molecule is C/C=C(\NC(=O)C(Cl)Cl)C(=O)OCCCC. The molecule has 0 bridgehead atoms. The first kappa shape index (κ1) is 15.3. The molecule has 0 fully saturated rings. The zero-order chi connectivity index (χ0) is 12.6. The number of carbonyl (C=O) groups is 2. The second-order valence-electron chi connectivity index (χ2n) is 2.98. The average Bonchev–Trinajstić information content (AvgIpc) is 2.25. The molecule has 0 aromatic heterocycles. The van der Waals surface area contributed by atoms with Gasteiger partial charge in [-0.2, -0.15) is 0 Å². The second kappa shape index (κ2) is 8.42. The number of alkyl halides is 2. The molecule has 0 heterocycles. The van der Waals surface area contributed by atoms with Crippen LogP contribution >= 0.6 is 23.2 Å². The number of nitrogens with one attached hydrogen (secondary N) is 1. The maximum Gasteiger partial charge on any atom is 0.354 e. The molecule has 0 rings (SSSR count). The van der Waals surface area contributed by atoms with Gasteiger partial charge >= 0.3 is 5.97 Å². The Bertz CT molecular complexity index is 277. The lowest BCUT2D eigenvalue weighted by Gasteiger charge is -2.09. The van der Waals surface area contributed by atoms with Crippen molar-refractivity contribution in [3.8, 4) is 0 Å². The Hall–Kier alpha value is -0.740. The molecule has 0 atom stereocenters. The van der Waals surface area contributed by atoms with Crippen molar-refractivity contribution in [2.45, 2.75) is 31.5 Å². The van der Waals surface area contributed by atoms with E-state index in [2.05, 4.69) is 5.32 Å². The van der Waals surface area contributed by atoms with Gasteiger partial charge in [-0.1, -0.05) is 42.6 Å². The quantitative estimate of drug-likeness (QED) is 0.347. The minimum atomic E-state index is -1.21. The highest BCUT2D eigenvalue weighted by Crippen LogP contribution is 2.04. The van der Waals surface area contributed by atoms with Crippen molar-refractivity contribution >= 4 is 35.1 Å². The normalized spacial score (nSPS) is 11.4. The van der Waals surface area contributed by atoms with E-state index < -0.39 is 16.7 Å². The summed E-state index contributed by atoms with van der Waals surface area (Å²) in [6, 6.07) is 0. The third-order valence-electron chi connectivity index (χ3n) is 1.70. The summed E-state index contributed by atoms with van der Waals surface area (Å²) in [7, 11) is 0. The van der Waals surface area contributed by atoms with Crippen molar-refractivity contribution in [2.75, 3.05) is 6.61 Å². The maximum absolute atomic E-state index is 11.4. The van der Waals surface area contributed by atoms with Crippen molar-refractivity contribution < 1.29 is 14.3 Å². The van der Waals surface area contributed by atoms with E-state index in [4.69, 9.17) is 27.9 Å². The van der Waals surface area contributed by atoms with Crippen LogP contribution in [-0.4, -0.2) is 23.3 Å². The fraction of sp³-hybridized carbons (Fsp3) is 0.600. The third-order valence-corrected chi connectivity index (χ3v) is 2.09. The lowest BCUT2D eigenvalue weighted by molar-refractivity contribution is -0.140. The fourth-order valence-corrected chi connectivity index (χ4v) is 0.924. The van der Waals surface area contributed by atoms with E-state index >= 15 is 0 Å². The Morgan fingerprint density at radius 3 is 2.50 bits per heavy atom. The van der Waals surface area contributed by atoms with Crippen molar-refractivity contribution in [1.29, 1.82) is 0 Å². The molecule has 1 amide bonds. The Morgan fingerprint density at radius 2 is 2.06 bits per heavy atom. The van der Waals surface area contributed by atoms with Gasteiger partial charge in [0.05, 0.1) is 6.61 Å². The average molecular weight is 268 g/mol. The van der Waals surface area contributed by atoms with Crippen LogP contribution in [0.25, 0.3) is 0 Å². The number of hydrogen-bond acceptors (Lipinski definition) is 3. The second-order valence-corrected chi connectivity index (χ2v) is 4.08. The van der Waals surface area contributed by atoms with Crippen molar-refractivity contribution in [3.05, 3.63) is 11.8 Å². The van der Waals surface area contributed by atoms with Crippen LogP contribution < -0.4 is 5.32 Å². The van der Waals surface area contributed by atoms with Gasteiger partial charge in [0.1, 0.15) is 5.70 Å². The molecule has 0 aromatic rings. The number of ether oxygens (including phenoxy) is 1. The van der Waals surface area contributed by atoms with Crippen LogP contribution in [-0.2, 0) is 14.3 Å². The van der Waals surface area contributed by atoms with Crippen LogP contribution in [0.5, 0.6) is 0 Å². The highest BCUT2D eigenvalue weighted by molar-refractivity contribution is 6.53. The summed E-state index contributed by atoms with van der Waals surface area (Å²) in [5.41, 5.74) is 0.0485. The monoisotopic (exact) mass is 267 g/mol. The number of hydrogen-bond donors (Lipinski definition) is 1. The predicted octanol–water partition coefficient (Wildman–Crippen LogP) is 2.15. The summed E-state index contributed by atoms with van der Waals surface area (Å²) in [6.07, 6.45) is 3.14. The van der Waals surface area contributed by atoms with Crippen LogP contribution in [0.3, 0.4) is 0 Å². The molecule has 0 aliphatic heterocycles. The molecule has 1 N–H and O–H groups in total. The van der Waals surface area contributed by atoms with Crippen LogP contribution in [0.2, 0.25) is 0 Å². The van der Waals surface area contributed by atoms with E-state index in [0.717, 1.165) is 12.8 Å². The van der Waals surface area contributed by atoms with Gasteiger partial charge in [-0.25, -0.2) is 4.79 Å². The topological polar surface area (TPSA) is 55.4 Å². The summed E-state index contributed by atoms with van der Waals surface area (Å²) in [5.74, 6) is -1.23. The maximum atomic E-state index is 11.4. The molecule has 0 unspecified atom stereocenters. The van der Waals surface area contributed by atoms with Crippen molar-refractivity contribution in [3.63, 3.8) is 0 Å². The first-order valence-electron chi connectivity index (χ1n) is 4.95. The van der Waals surface area contributed by atoms with Gasteiger partial charge in [-0.3, -0.25) is 4.79 Å². The number of rotatable bonds is 6. The Kier molecular flexibility index (Phi) is 8.03. The van der Waals surface area contributed by atoms with E-state index in [9.17, 15) is 9.59 Å². The number of unbranched alkanes of at least 4 members (excludes halogenated alkanes) is 1. The molecule has 16 heavy (non-hydrogen) atoms. The van der Waals surface area contributed by atoms with Gasteiger partial charge in [-0.15, -0.1) is 0 Å². The molecule has 0 aliphatic rings. The first-order chi connectivity index (χ1) is 7.52. The lowest BCUT2D eigenvalue weighted by atomic mass is 10.3. The number of esters is 1. The molecule has 0 saturated heterocycles. The van der Waals surface area contributed by atoms with Gasteiger partial charge in [0, 0.05) is 0 Å². The van der Waals surface area contributed by atoms with E-state index in [0.29, 0.717) is 6.61 Å². The Labute approximate surface area is 105 Å². The van der Waals surface area contributed by atoms with Crippen molar-refractivity contribution in [1.82, 2.24) is 5.32 Å². The molecule has 4 nitrogen and oxygen atoms in total. The summed E-state index contributed by atoms with van der Waals surface area (Å²) >= 11 is 10.7. The Morgan fingerprint density at radius 1 is 1.44 bits per heavy atom. The zero-order valence-electron chi connectivity index (χ0n) is 9.26. The van der Waals surface area contributed by atoms with E-state index in [1.807, 2.05) is 6.92 Å². The van der Waals surface area contributed by atoms with Crippen LogP contribution in [0.15, 0.2) is 11.8 Å². The smallest absolute Gasteiger partial charge is 0.354 e. The minimum Gasteiger partial charge on any atom is -0.461 e. The summed E-state index contributed by atoms with van der Waals surface area (Å²) in [4.78, 5) is 21.3. The van der Waals surface area contributed by atoms with Gasteiger partial charge in [0.25, 0.3) is 5.91 Å². The highest BCUT2D eigenvalue weighted by Gasteiger charge is 2.17. The molecule has 92 valence electrons. The van der Waals surface area contributed by atoms with E-state index in [1.54, 1.807) is 6.92 Å². The third kappa shape index (κ3) is 5.98. The predicted molar refractivity (Wildman–Crippen MR) is 63.3 cm³/mol. The number of amides is 1. The minimum absolute atomic E-state index is 0.0485. The molecule has 0 aromatic carbocycles. The molecule has 0 spiro atoms. The van der Waals surface area contributed by atoms with Gasteiger partial charge in [-0.05, 0) is 13.3 Å².